The van der Waals surface area contributed by atoms with Gasteiger partial charge in [-0.2, -0.15) is 5.10 Å². The van der Waals surface area contributed by atoms with Crippen molar-refractivity contribution in [2.45, 2.75) is 44.7 Å². The Labute approximate surface area is 115 Å². The molecule has 0 saturated carbocycles. The molecule has 1 aromatic heterocycles. The first-order chi connectivity index (χ1) is 9.11. The minimum absolute atomic E-state index is 0.0525. The number of aryl methyl sites for hydroxylation is 1. The molecule has 0 spiro atoms. The van der Waals surface area contributed by atoms with E-state index in [2.05, 4.69) is 23.5 Å². The Hall–Kier alpha value is -1.36. The van der Waals surface area contributed by atoms with Crippen LogP contribution in [-0.2, 0) is 11.3 Å². The minimum Gasteiger partial charge on any atom is -0.347 e. The number of likely N-dealkylation sites (N-methyl/N-ethyl adjacent to an activating group) is 1. The summed E-state index contributed by atoms with van der Waals surface area (Å²) < 4.78 is 2.00. The van der Waals surface area contributed by atoms with Gasteiger partial charge in [0.1, 0.15) is 0 Å². The number of carbonyl (C=O) groups is 1. The summed E-state index contributed by atoms with van der Waals surface area (Å²) in [7, 11) is 3.62. The Balaban J connectivity index is 2.01. The normalized spacial score (nSPS) is 23.3. The summed E-state index contributed by atoms with van der Waals surface area (Å²) in [6.07, 6.45) is 7.14. The number of rotatable bonds is 4. The summed E-state index contributed by atoms with van der Waals surface area (Å²) >= 11 is 0. The van der Waals surface area contributed by atoms with Gasteiger partial charge in [-0.3, -0.25) is 9.48 Å². The van der Waals surface area contributed by atoms with Crippen molar-refractivity contribution >= 4 is 5.91 Å². The van der Waals surface area contributed by atoms with Crippen molar-refractivity contribution < 1.29 is 4.79 Å². The van der Waals surface area contributed by atoms with E-state index in [1.807, 2.05) is 25.0 Å². The Bertz CT molecular complexity index is 427. The van der Waals surface area contributed by atoms with Gasteiger partial charge in [-0.05, 0) is 37.3 Å². The fourth-order valence-corrected chi connectivity index (χ4v) is 2.66. The van der Waals surface area contributed by atoms with E-state index >= 15 is 0 Å². The number of carbonyl (C=O) groups excluding carboxylic acids is 1. The van der Waals surface area contributed by atoms with E-state index in [1.54, 1.807) is 4.90 Å². The van der Waals surface area contributed by atoms with Crippen molar-refractivity contribution in [1.82, 2.24) is 20.0 Å². The van der Waals surface area contributed by atoms with E-state index in [1.165, 1.54) is 5.56 Å². The molecule has 2 heterocycles. The maximum absolute atomic E-state index is 12.0. The zero-order valence-corrected chi connectivity index (χ0v) is 12.1. The number of piperidine rings is 1. The van der Waals surface area contributed by atoms with Gasteiger partial charge in [0.15, 0.2) is 0 Å². The van der Waals surface area contributed by atoms with Crippen molar-refractivity contribution in [3.05, 3.63) is 18.0 Å². The molecule has 106 valence electrons. The highest BCUT2D eigenvalue weighted by atomic mass is 16.2. The lowest BCUT2D eigenvalue weighted by molar-refractivity contribution is -0.131. The van der Waals surface area contributed by atoms with Crippen LogP contribution in [0.1, 0.15) is 37.7 Å². The highest BCUT2D eigenvalue weighted by Gasteiger charge is 2.29. The average Bonchev–Trinajstić information content (AvgIpc) is 2.87. The van der Waals surface area contributed by atoms with Gasteiger partial charge in [0, 0.05) is 26.8 Å². The predicted molar refractivity (Wildman–Crippen MR) is 75.0 cm³/mol. The van der Waals surface area contributed by atoms with Crippen LogP contribution in [0.2, 0.25) is 0 Å². The van der Waals surface area contributed by atoms with Gasteiger partial charge < -0.3 is 10.2 Å². The van der Waals surface area contributed by atoms with Crippen molar-refractivity contribution in [3.63, 3.8) is 0 Å². The van der Waals surface area contributed by atoms with Gasteiger partial charge in [-0.15, -0.1) is 0 Å². The SMILES string of the molecule is CCCn1cc(C2CCNC(C(=O)N(C)C)C2)cn1. The number of nitrogens with one attached hydrogen (secondary N) is 1. The fraction of sp³-hybridized carbons (Fsp3) is 0.714. The molecule has 2 rings (SSSR count). The first-order valence-electron chi connectivity index (χ1n) is 7.08. The molecule has 0 aromatic carbocycles. The second kappa shape index (κ2) is 6.19. The van der Waals surface area contributed by atoms with Crippen LogP contribution in [0.15, 0.2) is 12.4 Å². The van der Waals surface area contributed by atoms with Gasteiger partial charge in [-0.25, -0.2) is 0 Å². The molecule has 0 bridgehead atoms. The Kier molecular flexibility index (Phi) is 4.58. The molecule has 0 radical (unpaired) electrons. The van der Waals surface area contributed by atoms with E-state index in [-0.39, 0.29) is 11.9 Å². The first kappa shape index (κ1) is 14.1. The molecule has 1 aliphatic rings. The number of aromatic nitrogens is 2. The van der Waals surface area contributed by atoms with Crippen LogP contribution >= 0.6 is 0 Å². The lowest BCUT2D eigenvalue weighted by atomic mass is 9.87. The second-order valence-corrected chi connectivity index (χ2v) is 5.50. The van der Waals surface area contributed by atoms with Crippen molar-refractivity contribution in [3.8, 4) is 0 Å². The molecule has 5 heteroatoms. The summed E-state index contributed by atoms with van der Waals surface area (Å²) in [5.41, 5.74) is 1.27. The van der Waals surface area contributed by atoms with Crippen LogP contribution in [0.5, 0.6) is 0 Å². The van der Waals surface area contributed by atoms with E-state index in [0.29, 0.717) is 5.92 Å². The van der Waals surface area contributed by atoms with Crippen LogP contribution in [0, 0.1) is 0 Å². The van der Waals surface area contributed by atoms with Crippen LogP contribution in [0.25, 0.3) is 0 Å². The summed E-state index contributed by atoms with van der Waals surface area (Å²) in [5.74, 6) is 0.617. The molecule has 1 aliphatic heterocycles. The smallest absolute Gasteiger partial charge is 0.239 e. The quantitative estimate of drug-likeness (QED) is 0.889. The van der Waals surface area contributed by atoms with E-state index in [4.69, 9.17) is 0 Å². The summed E-state index contributed by atoms with van der Waals surface area (Å²) in [6, 6.07) is -0.0525. The van der Waals surface area contributed by atoms with E-state index < -0.39 is 0 Å². The molecule has 1 saturated heterocycles. The number of amides is 1. The highest BCUT2D eigenvalue weighted by molar-refractivity contribution is 5.81. The molecule has 1 N–H and O–H groups in total. The number of nitrogens with zero attached hydrogens (tertiary/aromatic N) is 3. The van der Waals surface area contributed by atoms with Crippen LogP contribution in [0.3, 0.4) is 0 Å². The topological polar surface area (TPSA) is 50.2 Å². The molecule has 5 nitrogen and oxygen atoms in total. The zero-order valence-electron chi connectivity index (χ0n) is 12.1. The molecule has 1 fully saturated rings. The molecule has 0 aliphatic carbocycles. The second-order valence-electron chi connectivity index (χ2n) is 5.50. The monoisotopic (exact) mass is 264 g/mol. The summed E-state index contributed by atoms with van der Waals surface area (Å²) in [5, 5.41) is 7.70. The lowest BCUT2D eigenvalue weighted by Crippen LogP contribution is -2.47. The third kappa shape index (κ3) is 3.35. The number of hydrogen-bond donors (Lipinski definition) is 1. The molecular formula is C14H24N4O. The third-order valence-electron chi connectivity index (χ3n) is 3.72. The van der Waals surface area contributed by atoms with E-state index in [9.17, 15) is 4.79 Å². The van der Waals surface area contributed by atoms with Gasteiger partial charge in [0.05, 0.1) is 12.2 Å². The number of hydrogen-bond acceptors (Lipinski definition) is 3. The van der Waals surface area contributed by atoms with Crippen LogP contribution < -0.4 is 5.32 Å². The van der Waals surface area contributed by atoms with Gasteiger partial charge in [0.25, 0.3) is 0 Å². The molecule has 2 atom stereocenters. The summed E-state index contributed by atoms with van der Waals surface area (Å²) in [6.45, 7) is 4.01. The molecular weight excluding hydrogens is 240 g/mol. The van der Waals surface area contributed by atoms with Crippen LogP contribution in [0.4, 0.5) is 0 Å². The van der Waals surface area contributed by atoms with E-state index in [0.717, 1.165) is 32.4 Å². The van der Waals surface area contributed by atoms with Gasteiger partial charge >= 0.3 is 0 Å². The van der Waals surface area contributed by atoms with Gasteiger partial charge in [0.2, 0.25) is 5.91 Å². The first-order valence-corrected chi connectivity index (χ1v) is 7.08. The fourth-order valence-electron chi connectivity index (χ4n) is 2.66. The lowest BCUT2D eigenvalue weighted by Gasteiger charge is -2.30. The van der Waals surface area contributed by atoms with Crippen molar-refractivity contribution in [2.24, 2.45) is 0 Å². The Morgan fingerprint density at radius 2 is 2.37 bits per heavy atom. The molecule has 2 unspecified atom stereocenters. The standard InChI is InChI=1S/C14H24N4O/c1-4-7-18-10-12(9-16-18)11-5-6-15-13(8-11)14(19)17(2)3/h9-11,13,15H,4-8H2,1-3H3. The highest BCUT2D eigenvalue weighted by Crippen LogP contribution is 2.27. The predicted octanol–water partition coefficient (Wildman–Crippen LogP) is 1.22. The largest absolute Gasteiger partial charge is 0.347 e. The molecule has 1 amide bonds. The van der Waals surface area contributed by atoms with Crippen LogP contribution in [-0.4, -0.2) is 47.3 Å². The molecule has 1 aromatic rings. The van der Waals surface area contributed by atoms with Crippen molar-refractivity contribution in [2.75, 3.05) is 20.6 Å². The maximum Gasteiger partial charge on any atom is 0.239 e. The third-order valence-corrected chi connectivity index (χ3v) is 3.72. The van der Waals surface area contributed by atoms with Gasteiger partial charge in [-0.1, -0.05) is 6.92 Å². The Morgan fingerprint density at radius 3 is 3.05 bits per heavy atom. The summed E-state index contributed by atoms with van der Waals surface area (Å²) in [4.78, 5) is 13.7. The van der Waals surface area contributed by atoms with Crippen molar-refractivity contribution in [1.29, 1.82) is 0 Å². The average molecular weight is 264 g/mol. The molecule has 19 heavy (non-hydrogen) atoms. The Morgan fingerprint density at radius 1 is 1.58 bits per heavy atom. The maximum atomic E-state index is 12.0. The zero-order chi connectivity index (χ0) is 13.8. The minimum atomic E-state index is -0.0525.